The van der Waals surface area contributed by atoms with Gasteiger partial charge in [0.1, 0.15) is 11.7 Å². The van der Waals surface area contributed by atoms with Crippen LogP contribution in [0.2, 0.25) is 0 Å². The van der Waals surface area contributed by atoms with Gasteiger partial charge < -0.3 is 5.11 Å². The number of phenols is 1. The van der Waals surface area contributed by atoms with Gasteiger partial charge in [-0.1, -0.05) is 37.5 Å². The average Bonchev–Trinajstić information content (AvgIpc) is 2.85. The number of carbonyl (C=O) groups excluding carboxylic acids is 2. The first-order chi connectivity index (χ1) is 12.0. The van der Waals surface area contributed by atoms with Crippen LogP contribution in [0.5, 0.6) is 5.75 Å². The predicted molar refractivity (Wildman–Crippen MR) is 97.3 cm³/mol. The van der Waals surface area contributed by atoms with E-state index in [2.05, 4.69) is 0 Å². The topological polar surface area (TPSA) is 60.9 Å². The molecule has 1 atom stereocenters. The number of unbranched alkanes of at least 4 members (excludes halogenated alkanes) is 1. The highest BCUT2D eigenvalue weighted by molar-refractivity contribution is 6.23. The molecule has 1 aliphatic heterocycles. The van der Waals surface area contributed by atoms with Crippen molar-refractivity contribution in [3.8, 4) is 5.75 Å². The lowest BCUT2D eigenvalue weighted by Gasteiger charge is -2.27. The second-order valence-electron chi connectivity index (χ2n) is 6.35. The van der Waals surface area contributed by atoms with Crippen molar-refractivity contribution >= 4 is 23.2 Å². The van der Waals surface area contributed by atoms with Crippen LogP contribution in [0.4, 0.5) is 11.4 Å². The summed E-state index contributed by atoms with van der Waals surface area (Å²) in [7, 11) is 0. The Kier molecular flexibility index (Phi) is 4.74. The molecule has 1 heterocycles. The number of aromatic hydroxyl groups is 1. The molecule has 1 unspecified atom stereocenters. The first kappa shape index (κ1) is 17.0. The maximum Gasteiger partial charge on any atom is 0.258 e. The molecular formula is C20H22N2O3. The second-order valence-corrected chi connectivity index (χ2v) is 6.35. The number of aryl methyl sites for hydroxylation is 1. The number of hydrazine groups is 1. The van der Waals surface area contributed by atoms with Crippen molar-refractivity contribution in [3.05, 3.63) is 54.1 Å². The van der Waals surface area contributed by atoms with Crippen LogP contribution in [-0.2, 0) is 9.59 Å². The molecule has 0 spiro atoms. The third-order valence-electron chi connectivity index (χ3n) is 4.43. The Morgan fingerprint density at radius 2 is 1.36 bits per heavy atom. The van der Waals surface area contributed by atoms with Gasteiger partial charge in [0.2, 0.25) is 0 Å². The predicted octanol–water partition coefficient (Wildman–Crippen LogP) is 3.80. The molecule has 2 amide bonds. The molecule has 3 rings (SSSR count). The lowest BCUT2D eigenvalue weighted by molar-refractivity contribution is -0.127. The fourth-order valence-corrected chi connectivity index (χ4v) is 3.02. The van der Waals surface area contributed by atoms with Crippen molar-refractivity contribution in [2.24, 2.45) is 5.92 Å². The molecule has 5 nitrogen and oxygen atoms in total. The number of phenolic OH excluding ortho intramolecular Hbond substituents is 1. The molecule has 0 aromatic heterocycles. The van der Waals surface area contributed by atoms with Crippen LogP contribution in [0.25, 0.3) is 0 Å². The zero-order chi connectivity index (χ0) is 18.0. The fourth-order valence-electron chi connectivity index (χ4n) is 3.02. The minimum absolute atomic E-state index is 0.117. The van der Waals surface area contributed by atoms with Crippen LogP contribution < -0.4 is 10.0 Å². The number of rotatable bonds is 5. The summed E-state index contributed by atoms with van der Waals surface area (Å²) in [6, 6.07) is 13.8. The largest absolute Gasteiger partial charge is 0.508 e. The van der Waals surface area contributed by atoms with Crippen molar-refractivity contribution in [2.75, 3.05) is 10.0 Å². The van der Waals surface area contributed by atoms with Crippen molar-refractivity contribution in [3.63, 3.8) is 0 Å². The lowest BCUT2D eigenvalue weighted by Crippen LogP contribution is -2.41. The van der Waals surface area contributed by atoms with Crippen LogP contribution in [0.3, 0.4) is 0 Å². The zero-order valence-electron chi connectivity index (χ0n) is 14.5. The first-order valence-electron chi connectivity index (χ1n) is 8.56. The van der Waals surface area contributed by atoms with E-state index in [1.807, 2.05) is 38.1 Å². The quantitative estimate of drug-likeness (QED) is 0.844. The maximum atomic E-state index is 13.0. The zero-order valence-corrected chi connectivity index (χ0v) is 14.5. The average molecular weight is 338 g/mol. The molecule has 0 aliphatic carbocycles. The maximum absolute atomic E-state index is 13.0. The number of anilines is 2. The number of hydrogen-bond acceptors (Lipinski definition) is 3. The van der Waals surface area contributed by atoms with Gasteiger partial charge in [-0.3, -0.25) is 9.59 Å². The summed E-state index contributed by atoms with van der Waals surface area (Å²) in [5, 5.41) is 12.4. The van der Waals surface area contributed by atoms with E-state index in [0.29, 0.717) is 17.8 Å². The fraction of sp³-hybridized carbons (Fsp3) is 0.300. The molecule has 2 aromatic carbocycles. The van der Waals surface area contributed by atoms with Gasteiger partial charge >= 0.3 is 0 Å². The number of nitrogens with zero attached hydrogens (tertiary/aromatic N) is 2. The molecule has 5 heteroatoms. The van der Waals surface area contributed by atoms with Gasteiger partial charge in [-0.2, -0.15) is 0 Å². The molecule has 0 bridgehead atoms. The van der Waals surface area contributed by atoms with E-state index >= 15 is 0 Å². The highest BCUT2D eigenvalue weighted by atomic mass is 16.3. The molecule has 0 radical (unpaired) electrons. The van der Waals surface area contributed by atoms with E-state index in [1.165, 1.54) is 22.2 Å². The van der Waals surface area contributed by atoms with Crippen molar-refractivity contribution in [1.82, 2.24) is 0 Å². The molecule has 0 saturated carbocycles. The highest BCUT2D eigenvalue weighted by Gasteiger charge is 2.46. The summed E-state index contributed by atoms with van der Waals surface area (Å²) in [6.45, 7) is 4.02. The van der Waals surface area contributed by atoms with Gasteiger partial charge in [-0.25, -0.2) is 10.0 Å². The van der Waals surface area contributed by atoms with Crippen LogP contribution in [0.1, 0.15) is 31.7 Å². The summed E-state index contributed by atoms with van der Waals surface area (Å²) in [5.41, 5.74) is 2.31. The summed E-state index contributed by atoms with van der Waals surface area (Å²) in [4.78, 5) is 25.9. The van der Waals surface area contributed by atoms with E-state index in [4.69, 9.17) is 0 Å². The number of carbonyl (C=O) groups is 2. The van der Waals surface area contributed by atoms with E-state index in [0.717, 1.165) is 18.4 Å². The second kappa shape index (κ2) is 6.97. The standard InChI is InChI=1S/C20H22N2O3/c1-3-4-5-18-19(24)21(15-8-6-14(2)7-9-15)22(20(18)25)16-10-12-17(23)13-11-16/h6-13,18,23H,3-5H2,1-2H3. The van der Waals surface area contributed by atoms with E-state index in [9.17, 15) is 14.7 Å². The minimum Gasteiger partial charge on any atom is -0.508 e. The van der Waals surface area contributed by atoms with Crippen LogP contribution in [0, 0.1) is 12.8 Å². The molecule has 1 saturated heterocycles. The van der Waals surface area contributed by atoms with Crippen molar-refractivity contribution in [2.45, 2.75) is 33.1 Å². The highest BCUT2D eigenvalue weighted by Crippen LogP contribution is 2.34. The summed E-state index contributed by atoms with van der Waals surface area (Å²) in [6.07, 6.45) is 2.30. The Bertz CT molecular complexity index is 705. The summed E-state index contributed by atoms with van der Waals surface area (Å²) in [5.74, 6) is -0.957. The Hall–Kier alpha value is -2.82. The molecule has 1 aliphatic rings. The molecular weight excluding hydrogens is 316 g/mol. The number of benzene rings is 2. The van der Waals surface area contributed by atoms with E-state index < -0.39 is 5.92 Å². The first-order valence-corrected chi connectivity index (χ1v) is 8.56. The van der Waals surface area contributed by atoms with Gasteiger partial charge in [0.25, 0.3) is 11.8 Å². The normalized spacial score (nSPS) is 17.4. The van der Waals surface area contributed by atoms with Gasteiger partial charge in [-0.05, 0) is 49.7 Å². The Morgan fingerprint density at radius 3 is 1.84 bits per heavy atom. The van der Waals surface area contributed by atoms with E-state index in [1.54, 1.807) is 12.1 Å². The van der Waals surface area contributed by atoms with Crippen molar-refractivity contribution in [1.29, 1.82) is 0 Å². The summed E-state index contributed by atoms with van der Waals surface area (Å²) >= 11 is 0. The minimum atomic E-state index is -0.657. The molecule has 130 valence electrons. The Balaban J connectivity index is 2.03. The van der Waals surface area contributed by atoms with Gasteiger partial charge in [-0.15, -0.1) is 0 Å². The molecule has 25 heavy (non-hydrogen) atoms. The van der Waals surface area contributed by atoms with E-state index in [-0.39, 0.29) is 17.6 Å². The number of hydrogen-bond donors (Lipinski definition) is 1. The van der Waals surface area contributed by atoms with Crippen molar-refractivity contribution < 1.29 is 14.7 Å². The summed E-state index contributed by atoms with van der Waals surface area (Å²) < 4.78 is 0. The number of amides is 2. The van der Waals surface area contributed by atoms with Gasteiger partial charge in [0.05, 0.1) is 11.4 Å². The molecule has 1 N–H and O–H groups in total. The molecule has 2 aromatic rings. The molecule has 1 fully saturated rings. The third kappa shape index (κ3) is 3.22. The van der Waals surface area contributed by atoms with Crippen LogP contribution in [0.15, 0.2) is 48.5 Å². The lowest BCUT2D eigenvalue weighted by atomic mass is 10.0. The smallest absolute Gasteiger partial charge is 0.258 e. The van der Waals surface area contributed by atoms with Gasteiger partial charge in [0, 0.05) is 0 Å². The monoisotopic (exact) mass is 338 g/mol. The van der Waals surface area contributed by atoms with Crippen LogP contribution in [-0.4, -0.2) is 16.9 Å². The van der Waals surface area contributed by atoms with Gasteiger partial charge in [0.15, 0.2) is 0 Å². The Labute approximate surface area is 147 Å². The SMILES string of the molecule is CCCCC1C(=O)N(c2ccc(C)cc2)N(c2ccc(O)cc2)C1=O. The Morgan fingerprint density at radius 1 is 0.880 bits per heavy atom. The van der Waals surface area contributed by atoms with Crippen LogP contribution >= 0.6 is 0 Å². The third-order valence-corrected chi connectivity index (χ3v) is 4.43.